The number of benzene rings is 1. The van der Waals surface area contributed by atoms with Gasteiger partial charge in [-0.15, -0.1) is 11.3 Å². The zero-order valence-corrected chi connectivity index (χ0v) is 19.0. The number of hydrogen-bond acceptors (Lipinski definition) is 7. The molecule has 31 heavy (non-hydrogen) atoms. The van der Waals surface area contributed by atoms with Gasteiger partial charge in [0.05, 0.1) is 12.2 Å². The molecule has 0 spiro atoms. The van der Waals surface area contributed by atoms with Crippen LogP contribution in [0.4, 0.5) is 10.9 Å². The number of ether oxygens (including phenoxy) is 1. The van der Waals surface area contributed by atoms with Crippen LogP contribution in [0.3, 0.4) is 0 Å². The van der Waals surface area contributed by atoms with Crippen LogP contribution in [0, 0.1) is 6.92 Å². The highest BCUT2D eigenvalue weighted by Crippen LogP contribution is 2.28. The van der Waals surface area contributed by atoms with Crippen molar-refractivity contribution in [3.63, 3.8) is 0 Å². The minimum atomic E-state index is -0.477. The minimum absolute atomic E-state index is 0.210. The molecule has 0 aliphatic carbocycles. The smallest absolute Gasteiger partial charge is 0.358 e. The van der Waals surface area contributed by atoms with Gasteiger partial charge in [0.25, 0.3) is 5.91 Å². The number of rotatable bonds is 8. The quantitative estimate of drug-likeness (QED) is 0.495. The highest BCUT2D eigenvalue weighted by Gasteiger charge is 2.25. The highest BCUT2D eigenvalue weighted by atomic mass is 32.1. The van der Waals surface area contributed by atoms with E-state index in [0.29, 0.717) is 28.5 Å². The summed E-state index contributed by atoms with van der Waals surface area (Å²) in [5, 5.41) is 0.471. The van der Waals surface area contributed by atoms with E-state index in [9.17, 15) is 9.59 Å². The van der Waals surface area contributed by atoms with E-state index in [1.54, 1.807) is 37.1 Å². The molecule has 0 saturated carbocycles. The summed E-state index contributed by atoms with van der Waals surface area (Å²) in [6.07, 6.45) is 2.23. The number of aromatic nitrogens is 2. The summed E-state index contributed by atoms with van der Waals surface area (Å²) in [6.45, 7) is 4.25. The van der Waals surface area contributed by atoms with Crippen molar-refractivity contribution in [1.29, 1.82) is 0 Å². The number of aryl methyl sites for hydroxylation is 1. The van der Waals surface area contributed by atoms with E-state index < -0.39 is 5.97 Å². The van der Waals surface area contributed by atoms with Crippen molar-refractivity contribution in [3.8, 4) is 0 Å². The van der Waals surface area contributed by atoms with Gasteiger partial charge in [0, 0.05) is 31.7 Å². The first-order chi connectivity index (χ1) is 14.9. The summed E-state index contributed by atoms with van der Waals surface area (Å²) >= 11 is 1.31. The Labute approximate surface area is 186 Å². The molecule has 2 heterocycles. The van der Waals surface area contributed by atoms with Crippen LogP contribution in [-0.4, -0.2) is 49.1 Å². The molecule has 0 fully saturated rings. The topological polar surface area (TPSA) is 75.6 Å². The van der Waals surface area contributed by atoms with E-state index in [-0.39, 0.29) is 18.2 Å². The van der Waals surface area contributed by atoms with Crippen LogP contribution in [0.5, 0.6) is 0 Å². The maximum atomic E-state index is 13.4. The van der Waals surface area contributed by atoms with Gasteiger partial charge in [-0.25, -0.2) is 14.8 Å². The van der Waals surface area contributed by atoms with Gasteiger partial charge in [0.2, 0.25) is 0 Å². The molecule has 0 radical (unpaired) electrons. The first-order valence-electron chi connectivity index (χ1n) is 10.0. The fraction of sp³-hybridized carbons (Fsp3) is 0.304. The molecule has 162 valence electrons. The van der Waals surface area contributed by atoms with Crippen molar-refractivity contribution >= 4 is 34.2 Å². The Hall–Kier alpha value is -3.26. The second-order valence-electron chi connectivity index (χ2n) is 7.11. The van der Waals surface area contributed by atoms with Gasteiger partial charge in [-0.2, -0.15) is 0 Å². The zero-order valence-electron chi connectivity index (χ0n) is 18.2. The van der Waals surface area contributed by atoms with Gasteiger partial charge >= 0.3 is 5.97 Å². The number of hydrogen-bond donors (Lipinski definition) is 0. The van der Waals surface area contributed by atoms with Crippen LogP contribution in [-0.2, 0) is 11.2 Å². The molecule has 0 saturated heterocycles. The molecule has 2 aromatic heterocycles. The fourth-order valence-electron chi connectivity index (χ4n) is 2.99. The molecule has 3 rings (SSSR count). The van der Waals surface area contributed by atoms with Gasteiger partial charge in [-0.05, 0) is 38.0 Å². The molecular formula is C23H26N4O3S. The lowest BCUT2D eigenvalue weighted by Gasteiger charge is -2.20. The molecule has 1 amide bonds. The van der Waals surface area contributed by atoms with Crippen LogP contribution >= 0.6 is 11.3 Å². The SMILES string of the molecule is CCOC(=O)c1nc(N(CCc2ccccc2)C(=O)c2ccc(N(C)C)nc2)sc1C. The van der Waals surface area contributed by atoms with E-state index in [1.807, 2.05) is 49.3 Å². The average Bonchev–Trinajstić information content (AvgIpc) is 3.16. The molecule has 7 nitrogen and oxygen atoms in total. The van der Waals surface area contributed by atoms with E-state index in [2.05, 4.69) is 9.97 Å². The average molecular weight is 439 g/mol. The molecule has 0 aliphatic rings. The van der Waals surface area contributed by atoms with E-state index in [4.69, 9.17) is 4.74 Å². The van der Waals surface area contributed by atoms with E-state index in [1.165, 1.54) is 11.3 Å². The molecule has 0 unspecified atom stereocenters. The van der Waals surface area contributed by atoms with Crippen molar-refractivity contribution in [2.45, 2.75) is 20.3 Å². The Morgan fingerprint density at radius 1 is 1.10 bits per heavy atom. The molecule has 0 bridgehead atoms. The van der Waals surface area contributed by atoms with E-state index >= 15 is 0 Å². The van der Waals surface area contributed by atoms with Gasteiger partial charge in [0.15, 0.2) is 10.8 Å². The normalized spacial score (nSPS) is 10.6. The number of anilines is 2. The monoisotopic (exact) mass is 438 g/mol. The molecule has 3 aromatic rings. The maximum Gasteiger partial charge on any atom is 0.358 e. The van der Waals surface area contributed by atoms with Crippen LogP contribution in [0.25, 0.3) is 0 Å². The number of carbonyl (C=O) groups is 2. The Morgan fingerprint density at radius 2 is 1.84 bits per heavy atom. The number of thiazole rings is 1. The van der Waals surface area contributed by atoms with Crippen molar-refractivity contribution in [3.05, 3.63) is 70.4 Å². The molecule has 0 atom stereocenters. The van der Waals surface area contributed by atoms with Gasteiger partial charge in [-0.3, -0.25) is 9.69 Å². The van der Waals surface area contributed by atoms with E-state index in [0.717, 1.165) is 11.4 Å². The number of pyridine rings is 1. The van der Waals surface area contributed by atoms with Crippen LogP contribution in [0.1, 0.15) is 38.2 Å². The number of amides is 1. The molecule has 0 N–H and O–H groups in total. The standard InChI is InChI=1S/C23H26N4O3S/c1-5-30-22(29)20-16(2)31-23(25-20)27(14-13-17-9-7-6-8-10-17)21(28)18-11-12-19(24-15-18)26(3)4/h6-12,15H,5,13-14H2,1-4H3. The highest BCUT2D eigenvalue weighted by molar-refractivity contribution is 7.16. The number of nitrogens with zero attached hydrogens (tertiary/aromatic N) is 4. The Morgan fingerprint density at radius 3 is 2.45 bits per heavy atom. The summed E-state index contributed by atoms with van der Waals surface area (Å²) in [6, 6.07) is 13.5. The second-order valence-corrected chi connectivity index (χ2v) is 8.30. The van der Waals surface area contributed by atoms with Crippen molar-refractivity contribution in [2.24, 2.45) is 0 Å². The summed E-state index contributed by atoms with van der Waals surface area (Å²) in [7, 11) is 3.79. The molecule has 8 heteroatoms. The van der Waals surface area contributed by atoms with Crippen LogP contribution in [0.2, 0.25) is 0 Å². The maximum absolute atomic E-state index is 13.4. The van der Waals surface area contributed by atoms with Gasteiger partial charge in [-0.1, -0.05) is 30.3 Å². The fourth-order valence-corrected chi connectivity index (χ4v) is 3.91. The number of carbonyl (C=O) groups excluding carboxylic acids is 2. The Kier molecular flexibility index (Phi) is 7.36. The molecule has 1 aromatic carbocycles. The van der Waals surface area contributed by atoms with Gasteiger partial charge in [0.1, 0.15) is 5.82 Å². The Balaban J connectivity index is 1.91. The molecular weight excluding hydrogens is 412 g/mol. The first kappa shape index (κ1) is 22.4. The third-order valence-electron chi connectivity index (χ3n) is 4.65. The number of esters is 1. The molecule has 0 aliphatic heterocycles. The lowest BCUT2D eigenvalue weighted by atomic mass is 10.1. The lowest BCUT2D eigenvalue weighted by Crippen LogP contribution is -2.33. The second kappa shape index (κ2) is 10.2. The van der Waals surface area contributed by atoms with Crippen LogP contribution in [0.15, 0.2) is 48.7 Å². The van der Waals surface area contributed by atoms with Crippen LogP contribution < -0.4 is 9.80 Å². The summed E-state index contributed by atoms with van der Waals surface area (Å²) < 4.78 is 5.10. The van der Waals surface area contributed by atoms with Crippen molar-refractivity contribution < 1.29 is 14.3 Å². The minimum Gasteiger partial charge on any atom is -0.461 e. The summed E-state index contributed by atoms with van der Waals surface area (Å²) in [5.41, 5.74) is 1.82. The third kappa shape index (κ3) is 5.46. The largest absolute Gasteiger partial charge is 0.461 e. The van der Waals surface area contributed by atoms with Crippen molar-refractivity contribution in [2.75, 3.05) is 37.0 Å². The summed E-state index contributed by atoms with van der Waals surface area (Å²) in [5.74, 6) is 0.0786. The third-order valence-corrected chi connectivity index (χ3v) is 5.64. The Bertz CT molecular complexity index is 1030. The predicted octanol–water partition coefficient (Wildman–Crippen LogP) is 3.98. The summed E-state index contributed by atoms with van der Waals surface area (Å²) in [4.78, 5) is 38.6. The predicted molar refractivity (Wildman–Crippen MR) is 123 cm³/mol. The first-order valence-corrected chi connectivity index (χ1v) is 10.9. The van der Waals surface area contributed by atoms with Gasteiger partial charge < -0.3 is 9.64 Å². The zero-order chi connectivity index (χ0) is 22.4. The lowest BCUT2D eigenvalue weighted by molar-refractivity contribution is 0.0519. The van der Waals surface area contributed by atoms with Crippen molar-refractivity contribution in [1.82, 2.24) is 9.97 Å².